The quantitative estimate of drug-likeness (QED) is 0.673. The highest BCUT2D eigenvalue weighted by Crippen LogP contribution is 2.41. The molecule has 0 spiro atoms. The van der Waals surface area contributed by atoms with E-state index in [1.807, 2.05) is 0 Å². The summed E-state index contributed by atoms with van der Waals surface area (Å²) in [6, 6.07) is -2.06. The van der Waals surface area contributed by atoms with Crippen molar-refractivity contribution in [2.75, 3.05) is 0 Å². The molecule has 0 aromatic heterocycles. The Morgan fingerprint density at radius 2 is 1.47 bits per heavy atom. The second kappa shape index (κ2) is 4.25. The SMILES string of the molecule is [NH3+][C@H](CC(C(F)(F)F)C(F)(F)F)C(=O)[O-]. The number of quaternary nitrogens is 1. The maximum Gasteiger partial charge on any atom is 0.400 e. The molecule has 0 aromatic carbocycles. The Balaban J connectivity index is 4.77. The molecule has 0 heterocycles. The summed E-state index contributed by atoms with van der Waals surface area (Å²) in [4.78, 5) is 9.98. The van der Waals surface area contributed by atoms with Gasteiger partial charge in [-0.15, -0.1) is 0 Å². The molecular weight excluding hydrogens is 232 g/mol. The van der Waals surface area contributed by atoms with Crippen LogP contribution in [0.3, 0.4) is 0 Å². The van der Waals surface area contributed by atoms with Gasteiger partial charge in [0, 0.05) is 6.42 Å². The maximum atomic E-state index is 11.9. The second-order valence-corrected chi connectivity index (χ2v) is 2.89. The number of rotatable bonds is 3. The molecule has 90 valence electrons. The van der Waals surface area contributed by atoms with Crippen molar-refractivity contribution in [1.82, 2.24) is 0 Å². The first-order chi connectivity index (χ1) is 6.46. The van der Waals surface area contributed by atoms with Crippen LogP contribution in [0.2, 0.25) is 0 Å². The molecule has 0 rings (SSSR count). The Morgan fingerprint density at radius 1 is 1.13 bits per heavy atom. The van der Waals surface area contributed by atoms with E-state index in [2.05, 4.69) is 5.73 Å². The summed E-state index contributed by atoms with van der Waals surface area (Å²) in [5.74, 6) is -5.74. The first-order valence-corrected chi connectivity index (χ1v) is 3.63. The summed E-state index contributed by atoms with van der Waals surface area (Å²) in [5.41, 5.74) is 2.64. The van der Waals surface area contributed by atoms with Crippen molar-refractivity contribution >= 4 is 5.97 Å². The standard InChI is InChI=1S/C6H7F6NO2/c7-5(8,9)3(6(10,11)12)1-2(13)4(14)15/h2-3H,1,13H2,(H,14,15)/t2-/m1/s1. The zero-order valence-corrected chi connectivity index (χ0v) is 7.15. The third kappa shape index (κ3) is 4.36. The molecule has 0 aliphatic carbocycles. The normalized spacial score (nSPS) is 15.5. The zero-order valence-electron chi connectivity index (χ0n) is 7.15. The van der Waals surface area contributed by atoms with E-state index in [-0.39, 0.29) is 0 Å². The number of carbonyl (C=O) groups is 1. The first-order valence-electron chi connectivity index (χ1n) is 3.63. The fourth-order valence-electron chi connectivity index (χ4n) is 0.834. The minimum absolute atomic E-state index is 1.67. The van der Waals surface area contributed by atoms with Crippen molar-refractivity contribution in [3.05, 3.63) is 0 Å². The molecule has 0 saturated heterocycles. The van der Waals surface area contributed by atoms with E-state index in [9.17, 15) is 36.2 Å². The largest absolute Gasteiger partial charge is 0.544 e. The highest BCUT2D eigenvalue weighted by molar-refractivity contribution is 5.69. The van der Waals surface area contributed by atoms with Gasteiger partial charge in [0.1, 0.15) is 6.04 Å². The molecule has 0 amide bonds. The van der Waals surface area contributed by atoms with Crippen molar-refractivity contribution in [2.45, 2.75) is 24.8 Å². The van der Waals surface area contributed by atoms with Gasteiger partial charge in [-0.3, -0.25) is 0 Å². The summed E-state index contributed by atoms with van der Waals surface area (Å²) in [7, 11) is 0. The lowest BCUT2D eigenvalue weighted by Gasteiger charge is -2.24. The van der Waals surface area contributed by atoms with Gasteiger partial charge in [0.15, 0.2) is 5.92 Å². The van der Waals surface area contributed by atoms with Crippen LogP contribution in [0.15, 0.2) is 0 Å². The number of hydrogen-bond acceptors (Lipinski definition) is 2. The van der Waals surface area contributed by atoms with Crippen molar-refractivity contribution in [1.29, 1.82) is 0 Å². The Labute approximate surface area is 79.9 Å². The molecule has 9 heteroatoms. The molecule has 0 bridgehead atoms. The van der Waals surface area contributed by atoms with E-state index in [4.69, 9.17) is 0 Å². The molecular formula is C6H7F6NO2. The van der Waals surface area contributed by atoms with E-state index < -0.39 is 36.7 Å². The molecule has 0 saturated carbocycles. The van der Waals surface area contributed by atoms with Crippen LogP contribution in [0, 0.1) is 5.92 Å². The summed E-state index contributed by atoms with van der Waals surface area (Å²) >= 11 is 0. The molecule has 3 nitrogen and oxygen atoms in total. The molecule has 0 aromatic rings. The van der Waals surface area contributed by atoms with Crippen LogP contribution in [-0.4, -0.2) is 24.4 Å². The molecule has 0 fully saturated rings. The highest BCUT2D eigenvalue weighted by atomic mass is 19.4. The monoisotopic (exact) mass is 239 g/mol. The summed E-state index contributed by atoms with van der Waals surface area (Å²) < 4.78 is 71.3. The third-order valence-electron chi connectivity index (χ3n) is 1.64. The minimum atomic E-state index is -5.54. The number of hydrogen-bond donors (Lipinski definition) is 1. The van der Waals surface area contributed by atoms with Crippen LogP contribution < -0.4 is 10.8 Å². The molecule has 0 aliphatic rings. The molecule has 1 atom stereocenters. The molecule has 0 unspecified atom stereocenters. The lowest BCUT2D eigenvalue weighted by atomic mass is 9.99. The van der Waals surface area contributed by atoms with E-state index in [1.165, 1.54) is 0 Å². The van der Waals surface area contributed by atoms with Crippen molar-refractivity contribution in [2.24, 2.45) is 5.92 Å². The Kier molecular flexibility index (Phi) is 3.97. The fraction of sp³-hybridized carbons (Fsp3) is 0.833. The first kappa shape index (κ1) is 14.0. The molecule has 0 aliphatic heterocycles. The summed E-state index contributed by atoms with van der Waals surface area (Å²) in [6.07, 6.45) is -12.7. The van der Waals surface area contributed by atoms with Gasteiger partial charge in [0.2, 0.25) is 0 Å². The number of alkyl halides is 6. The lowest BCUT2D eigenvalue weighted by Crippen LogP contribution is -2.69. The van der Waals surface area contributed by atoms with Gasteiger partial charge in [-0.05, 0) is 0 Å². The van der Waals surface area contributed by atoms with Crippen LogP contribution in [0.25, 0.3) is 0 Å². The number of halogens is 6. The highest BCUT2D eigenvalue weighted by Gasteiger charge is 2.57. The molecule has 3 N–H and O–H groups in total. The topological polar surface area (TPSA) is 67.8 Å². The number of carbonyl (C=O) groups excluding carboxylic acids is 1. The fourth-order valence-corrected chi connectivity index (χ4v) is 0.834. The molecule has 0 radical (unpaired) electrons. The smallest absolute Gasteiger partial charge is 0.400 e. The average molecular weight is 239 g/mol. The van der Waals surface area contributed by atoms with Crippen molar-refractivity contribution in [3.8, 4) is 0 Å². The summed E-state index contributed by atoms with van der Waals surface area (Å²) in [5, 5.41) is 9.98. The summed E-state index contributed by atoms with van der Waals surface area (Å²) in [6.45, 7) is 0. The van der Waals surface area contributed by atoms with Gasteiger partial charge in [-0.1, -0.05) is 0 Å². The van der Waals surface area contributed by atoms with E-state index >= 15 is 0 Å². The van der Waals surface area contributed by atoms with Crippen LogP contribution >= 0.6 is 0 Å². The lowest BCUT2D eigenvalue weighted by molar-refractivity contribution is -0.447. The predicted molar refractivity (Wildman–Crippen MR) is 31.9 cm³/mol. The van der Waals surface area contributed by atoms with Gasteiger partial charge < -0.3 is 15.6 Å². The third-order valence-corrected chi connectivity index (χ3v) is 1.64. The minimum Gasteiger partial charge on any atom is -0.544 e. The molecule has 15 heavy (non-hydrogen) atoms. The van der Waals surface area contributed by atoms with Crippen LogP contribution in [-0.2, 0) is 4.79 Å². The second-order valence-electron chi connectivity index (χ2n) is 2.89. The number of carboxylic acids is 1. The van der Waals surface area contributed by atoms with Gasteiger partial charge in [0.05, 0.1) is 5.97 Å². The van der Waals surface area contributed by atoms with Gasteiger partial charge in [-0.2, -0.15) is 26.3 Å². The van der Waals surface area contributed by atoms with Crippen LogP contribution in [0.1, 0.15) is 6.42 Å². The van der Waals surface area contributed by atoms with Crippen molar-refractivity contribution < 1.29 is 42.0 Å². The van der Waals surface area contributed by atoms with Gasteiger partial charge in [0.25, 0.3) is 0 Å². The Morgan fingerprint density at radius 3 is 1.67 bits per heavy atom. The van der Waals surface area contributed by atoms with Crippen LogP contribution in [0.4, 0.5) is 26.3 Å². The Bertz CT molecular complexity index is 221. The van der Waals surface area contributed by atoms with E-state index in [0.717, 1.165) is 0 Å². The number of aliphatic carboxylic acids is 1. The maximum absolute atomic E-state index is 11.9. The van der Waals surface area contributed by atoms with Gasteiger partial charge in [-0.25, -0.2) is 0 Å². The average Bonchev–Trinajstić information content (AvgIpc) is 1.94. The van der Waals surface area contributed by atoms with E-state index in [1.54, 1.807) is 0 Å². The van der Waals surface area contributed by atoms with Crippen LogP contribution in [0.5, 0.6) is 0 Å². The zero-order chi connectivity index (χ0) is 12.4. The predicted octanol–water partition coefficient (Wildman–Crippen LogP) is -0.522. The number of carboxylic acid groups (broad SMARTS) is 1. The Hall–Kier alpha value is -0.990. The van der Waals surface area contributed by atoms with Gasteiger partial charge >= 0.3 is 12.4 Å². The van der Waals surface area contributed by atoms with E-state index in [0.29, 0.717) is 0 Å². The van der Waals surface area contributed by atoms with Crippen molar-refractivity contribution in [3.63, 3.8) is 0 Å².